The maximum atomic E-state index is 11.8. The smallest absolute Gasteiger partial charge is 0.224 e. The Kier molecular flexibility index (Phi) is 6.00. The van der Waals surface area contributed by atoms with Crippen molar-refractivity contribution in [2.75, 3.05) is 5.33 Å². The number of benzene rings is 1. The van der Waals surface area contributed by atoms with Crippen LogP contribution in [0.25, 0.3) is 0 Å². The van der Waals surface area contributed by atoms with Crippen LogP contribution in [-0.4, -0.2) is 17.3 Å². The SMILES string of the molecule is CC(C)C(CBr)NC(=O)Cc1cccc(Cl)c1. The van der Waals surface area contributed by atoms with Crippen LogP contribution in [0.2, 0.25) is 5.02 Å². The largest absolute Gasteiger partial charge is 0.352 e. The van der Waals surface area contributed by atoms with E-state index in [1.54, 1.807) is 6.07 Å². The quantitative estimate of drug-likeness (QED) is 0.828. The molecule has 1 rings (SSSR count). The lowest BCUT2D eigenvalue weighted by Gasteiger charge is -2.19. The van der Waals surface area contributed by atoms with Crippen LogP contribution in [0.15, 0.2) is 24.3 Å². The number of nitrogens with one attached hydrogen (secondary N) is 1. The molecule has 0 bridgehead atoms. The molecule has 2 nitrogen and oxygen atoms in total. The number of carbonyl (C=O) groups excluding carboxylic acids is 1. The standard InChI is InChI=1S/C13H17BrClNO/c1-9(2)12(8-14)16-13(17)7-10-4-3-5-11(15)6-10/h3-6,9,12H,7-8H2,1-2H3,(H,16,17). The van der Waals surface area contributed by atoms with Crippen LogP contribution < -0.4 is 5.32 Å². The second kappa shape index (κ2) is 7.02. The highest BCUT2D eigenvalue weighted by Gasteiger charge is 2.14. The van der Waals surface area contributed by atoms with Crippen molar-refractivity contribution >= 4 is 33.4 Å². The summed E-state index contributed by atoms with van der Waals surface area (Å²) in [5, 5.41) is 4.44. The molecule has 0 heterocycles. The van der Waals surface area contributed by atoms with Crippen molar-refractivity contribution in [1.29, 1.82) is 0 Å². The molecule has 1 N–H and O–H groups in total. The number of hydrogen-bond acceptors (Lipinski definition) is 1. The predicted molar refractivity (Wildman–Crippen MR) is 75.7 cm³/mol. The Hall–Kier alpha value is -0.540. The lowest BCUT2D eigenvalue weighted by Crippen LogP contribution is -2.40. The molecule has 0 fully saturated rings. The summed E-state index contributed by atoms with van der Waals surface area (Å²) in [6.07, 6.45) is 0.372. The number of carbonyl (C=O) groups is 1. The van der Waals surface area contributed by atoms with Gasteiger partial charge in [-0.2, -0.15) is 0 Å². The minimum atomic E-state index is 0.0328. The van der Waals surface area contributed by atoms with Gasteiger partial charge in [-0.1, -0.05) is 53.5 Å². The second-order valence-corrected chi connectivity index (χ2v) is 5.46. The van der Waals surface area contributed by atoms with Crippen LogP contribution in [-0.2, 0) is 11.2 Å². The Morgan fingerprint density at radius 1 is 1.47 bits per heavy atom. The lowest BCUT2D eigenvalue weighted by molar-refractivity contribution is -0.121. The molecule has 1 aromatic rings. The Bertz CT molecular complexity index is 381. The summed E-state index contributed by atoms with van der Waals surface area (Å²) in [6, 6.07) is 7.55. The Morgan fingerprint density at radius 3 is 2.71 bits per heavy atom. The summed E-state index contributed by atoms with van der Waals surface area (Å²) >= 11 is 9.28. The van der Waals surface area contributed by atoms with Crippen molar-refractivity contribution in [2.45, 2.75) is 26.3 Å². The van der Waals surface area contributed by atoms with Gasteiger partial charge in [-0.15, -0.1) is 0 Å². The number of rotatable bonds is 5. The van der Waals surface area contributed by atoms with E-state index in [2.05, 4.69) is 35.1 Å². The van der Waals surface area contributed by atoms with Gasteiger partial charge in [0, 0.05) is 16.4 Å². The second-order valence-electron chi connectivity index (χ2n) is 4.38. The van der Waals surface area contributed by atoms with E-state index in [0.29, 0.717) is 17.4 Å². The zero-order chi connectivity index (χ0) is 12.8. The molecule has 0 aliphatic carbocycles. The van der Waals surface area contributed by atoms with Crippen LogP contribution in [0.3, 0.4) is 0 Å². The van der Waals surface area contributed by atoms with Gasteiger partial charge in [-0.05, 0) is 23.6 Å². The summed E-state index contributed by atoms with van der Waals surface area (Å²) in [5.41, 5.74) is 0.937. The summed E-state index contributed by atoms with van der Waals surface area (Å²) < 4.78 is 0. The van der Waals surface area contributed by atoms with E-state index < -0.39 is 0 Å². The van der Waals surface area contributed by atoms with Gasteiger partial charge in [0.05, 0.1) is 6.42 Å². The summed E-state index contributed by atoms with van der Waals surface area (Å²) in [7, 11) is 0. The Morgan fingerprint density at radius 2 is 2.18 bits per heavy atom. The topological polar surface area (TPSA) is 29.1 Å². The molecule has 0 aromatic heterocycles. The van der Waals surface area contributed by atoms with Crippen LogP contribution in [0.4, 0.5) is 0 Å². The first-order valence-corrected chi connectivity index (χ1v) is 7.12. The third kappa shape index (κ3) is 5.09. The highest BCUT2D eigenvalue weighted by molar-refractivity contribution is 9.09. The number of halogens is 2. The van der Waals surface area contributed by atoms with Crippen molar-refractivity contribution in [3.05, 3.63) is 34.9 Å². The molecule has 0 radical (unpaired) electrons. The van der Waals surface area contributed by atoms with Crippen molar-refractivity contribution in [1.82, 2.24) is 5.32 Å². The van der Waals surface area contributed by atoms with E-state index >= 15 is 0 Å². The van der Waals surface area contributed by atoms with Crippen molar-refractivity contribution < 1.29 is 4.79 Å². The Balaban J connectivity index is 2.55. The van der Waals surface area contributed by atoms with Gasteiger partial charge in [0.1, 0.15) is 0 Å². The average molecular weight is 319 g/mol. The molecule has 0 saturated carbocycles. The molecule has 1 atom stereocenters. The molecule has 1 unspecified atom stereocenters. The number of amides is 1. The fourth-order valence-electron chi connectivity index (χ4n) is 1.47. The fraction of sp³-hybridized carbons (Fsp3) is 0.462. The van der Waals surface area contributed by atoms with Gasteiger partial charge in [0.2, 0.25) is 5.91 Å². The van der Waals surface area contributed by atoms with E-state index in [9.17, 15) is 4.79 Å². The molecule has 0 aliphatic rings. The molecular formula is C13H17BrClNO. The van der Waals surface area contributed by atoms with Crippen LogP contribution in [0.1, 0.15) is 19.4 Å². The minimum Gasteiger partial charge on any atom is -0.352 e. The molecule has 17 heavy (non-hydrogen) atoms. The maximum absolute atomic E-state index is 11.8. The molecule has 4 heteroatoms. The van der Waals surface area contributed by atoms with Gasteiger partial charge >= 0.3 is 0 Å². The monoisotopic (exact) mass is 317 g/mol. The van der Waals surface area contributed by atoms with Gasteiger partial charge in [-0.25, -0.2) is 0 Å². The summed E-state index contributed by atoms with van der Waals surface area (Å²) in [6.45, 7) is 4.18. The summed E-state index contributed by atoms with van der Waals surface area (Å²) in [5.74, 6) is 0.447. The first kappa shape index (κ1) is 14.5. The minimum absolute atomic E-state index is 0.0328. The zero-order valence-corrected chi connectivity index (χ0v) is 12.4. The van der Waals surface area contributed by atoms with Crippen LogP contribution >= 0.6 is 27.5 Å². The maximum Gasteiger partial charge on any atom is 0.224 e. The molecular weight excluding hydrogens is 302 g/mol. The summed E-state index contributed by atoms with van der Waals surface area (Å²) in [4.78, 5) is 11.8. The van der Waals surface area contributed by atoms with E-state index in [1.165, 1.54) is 0 Å². The Labute approximate surface area is 116 Å². The molecule has 0 spiro atoms. The normalized spacial score (nSPS) is 12.5. The first-order valence-electron chi connectivity index (χ1n) is 5.62. The third-order valence-corrected chi connectivity index (χ3v) is 3.50. The molecule has 1 amide bonds. The predicted octanol–water partition coefficient (Wildman–Crippen LogP) is 3.42. The van der Waals surface area contributed by atoms with Gasteiger partial charge < -0.3 is 5.32 Å². The third-order valence-electron chi connectivity index (χ3n) is 2.57. The van der Waals surface area contributed by atoms with Crippen molar-refractivity contribution in [3.8, 4) is 0 Å². The lowest BCUT2D eigenvalue weighted by atomic mass is 10.1. The van der Waals surface area contributed by atoms with E-state index in [1.807, 2.05) is 18.2 Å². The zero-order valence-electron chi connectivity index (χ0n) is 10.0. The average Bonchev–Trinajstić information content (AvgIpc) is 2.25. The highest BCUT2D eigenvalue weighted by Crippen LogP contribution is 2.11. The molecule has 94 valence electrons. The fourth-order valence-corrected chi connectivity index (χ4v) is 2.60. The van der Waals surface area contributed by atoms with Gasteiger partial charge in [0.15, 0.2) is 0 Å². The van der Waals surface area contributed by atoms with E-state index in [-0.39, 0.29) is 11.9 Å². The number of hydrogen-bond donors (Lipinski definition) is 1. The first-order chi connectivity index (χ1) is 8.02. The molecule has 1 aromatic carbocycles. The van der Waals surface area contributed by atoms with Crippen LogP contribution in [0, 0.1) is 5.92 Å². The molecule has 0 saturated heterocycles. The number of alkyl halides is 1. The van der Waals surface area contributed by atoms with E-state index in [4.69, 9.17) is 11.6 Å². The molecule has 0 aliphatic heterocycles. The van der Waals surface area contributed by atoms with Gasteiger partial charge in [-0.3, -0.25) is 4.79 Å². The van der Waals surface area contributed by atoms with Crippen LogP contribution in [0.5, 0.6) is 0 Å². The van der Waals surface area contributed by atoms with Crippen molar-refractivity contribution in [2.24, 2.45) is 5.92 Å². The van der Waals surface area contributed by atoms with Gasteiger partial charge in [0.25, 0.3) is 0 Å². The van der Waals surface area contributed by atoms with E-state index in [0.717, 1.165) is 10.9 Å². The van der Waals surface area contributed by atoms with Crippen molar-refractivity contribution in [3.63, 3.8) is 0 Å². The highest BCUT2D eigenvalue weighted by atomic mass is 79.9.